The highest BCUT2D eigenvalue weighted by Gasteiger charge is 2.27. The molecule has 0 aliphatic carbocycles. The predicted octanol–water partition coefficient (Wildman–Crippen LogP) is 3.43. The predicted molar refractivity (Wildman–Crippen MR) is 102 cm³/mol. The van der Waals surface area contributed by atoms with Gasteiger partial charge in [0.15, 0.2) is 0 Å². The third kappa shape index (κ3) is 3.64. The van der Waals surface area contributed by atoms with Gasteiger partial charge in [-0.15, -0.1) is 0 Å². The van der Waals surface area contributed by atoms with Gasteiger partial charge in [-0.05, 0) is 56.2 Å². The van der Waals surface area contributed by atoms with E-state index in [-0.39, 0.29) is 18.0 Å². The summed E-state index contributed by atoms with van der Waals surface area (Å²) in [6.07, 6.45) is 0.779. The molecular weight excluding hydrogens is 330 g/mol. The van der Waals surface area contributed by atoms with Crippen molar-refractivity contribution in [1.82, 2.24) is 5.32 Å². The Kier molecular flexibility index (Phi) is 5.11. The number of nitrogens with zero attached hydrogens (tertiary/aromatic N) is 1. The van der Waals surface area contributed by atoms with E-state index in [1.165, 1.54) is 0 Å². The van der Waals surface area contributed by atoms with Crippen LogP contribution in [-0.4, -0.2) is 31.6 Å². The van der Waals surface area contributed by atoms with Crippen molar-refractivity contribution < 1.29 is 14.3 Å². The van der Waals surface area contributed by atoms with Gasteiger partial charge >= 0.3 is 6.03 Å². The number of carbonyl (C=O) groups is 2. The molecule has 0 saturated heterocycles. The molecule has 0 unspecified atom stereocenters. The zero-order valence-corrected chi connectivity index (χ0v) is 15.2. The number of anilines is 2. The summed E-state index contributed by atoms with van der Waals surface area (Å²) in [7, 11) is 1.63. The largest absolute Gasteiger partial charge is 0.497 e. The number of methoxy groups -OCH3 is 1. The van der Waals surface area contributed by atoms with Gasteiger partial charge in [-0.1, -0.05) is 12.1 Å². The molecule has 0 saturated carbocycles. The van der Waals surface area contributed by atoms with Crippen LogP contribution in [0.2, 0.25) is 0 Å². The molecule has 0 aromatic heterocycles. The highest BCUT2D eigenvalue weighted by atomic mass is 16.5. The average molecular weight is 353 g/mol. The van der Waals surface area contributed by atoms with Gasteiger partial charge in [0.25, 0.3) is 5.91 Å². The number of urea groups is 1. The Bertz CT molecular complexity index is 833. The minimum atomic E-state index is -0.327. The molecule has 26 heavy (non-hydrogen) atoms. The molecule has 6 heteroatoms. The number of benzene rings is 2. The molecule has 1 heterocycles. The highest BCUT2D eigenvalue weighted by Crippen LogP contribution is 2.33. The highest BCUT2D eigenvalue weighted by molar-refractivity contribution is 6.12. The molecule has 1 aliphatic heterocycles. The lowest BCUT2D eigenvalue weighted by Crippen LogP contribution is -2.35. The van der Waals surface area contributed by atoms with Gasteiger partial charge in [-0.3, -0.25) is 4.79 Å². The fraction of sp³-hybridized carbons (Fsp3) is 0.300. The normalized spacial score (nSPS) is 12.7. The fourth-order valence-electron chi connectivity index (χ4n) is 3.06. The van der Waals surface area contributed by atoms with E-state index in [9.17, 15) is 9.59 Å². The van der Waals surface area contributed by atoms with Gasteiger partial charge in [-0.2, -0.15) is 0 Å². The van der Waals surface area contributed by atoms with Crippen LogP contribution in [-0.2, 0) is 6.42 Å². The first-order valence-electron chi connectivity index (χ1n) is 8.65. The molecular formula is C20H23N3O3. The minimum absolute atomic E-state index is 0.0123. The standard InChI is InChI=1S/C20H23N3O3/c1-13(2)21-20(25)22-17-7-5-4-6-16(17)19(24)23-11-10-14-12-15(26-3)8-9-18(14)23/h4-9,12-13H,10-11H2,1-3H3,(H2,21,22,25). The Morgan fingerprint density at radius 1 is 1.15 bits per heavy atom. The quantitative estimate of drug-likeness (QED) is 0.885. The maximum absolute atomic E-state index is 13.1. The van der Waals surface area contributed by atoms with Crippen LogP contribution in [0.25, 0.3) is 0 Å². The van der Waals surface area contributed by atoms with Crippen molar-refractivity contribution >= 4 is 23.3 Å². The van der Waals surface area contributed by atoms with E-state index in [2.05, 4.69) is 10.6 Å². The van der Waals surface area contributed by atoms with Crippen LogP contribution >= 0.6 is 0 Å². The first kappa shape index (κ1) is 17.8. The molecule has 0 bridgehead atoms. The number of para-hydroxylation sites is 1. The monoisotopic (exact) mass is 353 g/mol. The van der Waals surface area contributed by atoms with Gasteiger partial charge in [0, 0.05) is 18.3 Å². The number of carbonyl (C=O) groups excluding carboxylic acids is 2. The number of hydrogen-bond donors (Lipinski definition) is 2. The van der Waals surface area contributed by atoms with Crippen LogP contribution in [0.15, 0.2) is 42.5 Å². The first-order chi connectivity index (χ1) is 12.5. The van der Waals surface area contributed by atoms with Gasteiger partial charge in [0.2, 0.25) is 0 Å². The Balaban J connectivity index is 1.85. The van der Waals surface area contributed by atoms with Crippen LogP contribution in [0.1, 0.15) is 29.8 Å². The molecule has 2 N–H and O–H groups in total. The number of hydrogen-bond acceptors (Lipinski definition) is 3. The third-order valence-corrected chi connectivity index (χ3v) is 4.25. The van der Waals surface area contributed by atoms with E-state index < -0.39 is 0 Å². The lowest BCUT2D eigenvalue weighted by Gasteiger charge is -2.20. The van der Waals surface area contributed by atoms with Crippen LogP contribution < -0.4 is 20.3 Å². The molecule has 1 aliphatic rings. The van der Waals surface area contributed by atoms with Crippen molar-refractivity contribution in [3.05, 3.63) is 53.6 Å². The van der Waals surface area contributed by atoms with Crippen LogP contribution in [0.3, 0.4) is 0 Å². The van der Waals surface area contributed by atoms with Crippen LogP contribution in [0.5, 0.6) is 5.75 Å². The van der Waals surface area contributed by atoms with Gasteiger partial charge in [0.05, 0.1) is 18.4 Å². The van der Waals surface area contributed by atoms with Gasteiger partial charge in [0.1, 0.15) is 5.75 Å². The lowest BCUT2D eigenvalue weighted by molar-refractivity contribution is 0.0990. The summed E-state index contributed by atoms with van der Waals surface area (Å²) < 4.78 is 5.26. The van der Waals surface area contributed by atoms with Crippen LogP contribution in [0, 0.1) is 0 Å². The van der Waals surface area contributed by atoms with E-state index in [1.54, 1.807) is 36.3 Å². The van der Waals surface area contributed by atoms with Crippen molar-refractivity contribution in [3.63, 3.8) is 0 Å². The Morgan fingerprint density at radius 2 is 1.92 bits per heavy atom. The number of ether oxygens (including phenoxy) is 1. The summed E-state index contributed by atoms with van der Waals surface area (Å²) in [6.45, 7) is 4.37. The van der Waals surface area contributed by atoms with E-state index in [1.807, 2.05) is 32.0 Å². The molecule has 2 aromatic carbocycles. The summed E-state index contributed by atoms with van der Waals surface area (Å²) in [4.78, 5) is 26.9. The Labute approximate surface area is 153 Å². The summed E-state index contributed by atoms with van der Waals surface area (Å²) in [5.41, 5.74) is 2.94. The second-order valence-electron chi connectivity index (χ2n) is 6.50. The Morgan fingerprint density at radius 3 is 2.65 bits per heavy atom. The van der Waals surface area contributed by atoms with E-state index in [0.717, 1.165) is 23.4 Å². The molecule has 6 nitrogen and oxygen atoms in total. The molecule has 0 atom stereocenters. The summed E-state index contributed by atoms with van der Waals surface area (Å²) in [5, 5.41) is 5.54. The Hall–Kier alpha value is -3.02. The minimum Gasteiger partial charge on any atom is -0.497 e. The lowest BCUT2D eigenvalue weighted by atomic mass is 10.1. The van der Waals surface area contributed by atoms with E-state index >= 15 is 0 Å². The third-order valence-electron chi connectivity index (χ3n) is 4.25. The average Bonchev–Trinajstić information content (AvgIpc) is 3.03. The van der Waals surface area contributed by atoms with Gasteiger partial charge < -0.3 is 20.3 Å². The van der Waals surface area contributed by atoms with Crippen molar-refractivity contribution in [2.24, 2.45) is 0 Å². The molecule has 0 fully saturated rings. The molecule has 3 rings (SSSR count). The van der Waals surface area contributed by atoms with E-state index in [0.29, 0.717) is 17.8 Å². The number of nitrogens with one attached hydrogen (secondary N) is 2. The zero-order chi connectivity index (χ0) is 18.7. The van der Waals surface area contributed by atoms with Gasteiger partial charge in [-0.25, -0.2) is 4.79 Å². The maximum atomic E-state index is 13.1. The first-order valence-corrected chi connectivity index (χ1v) is 8.65. The van der Waals surface area contributed by atoms with E-state index in [4.69, 9.17) is 4.74 Å². The fourth-order valence-corrected chi connectivity index (χ4v) is 3.06. The van der Waals surface area contributed by atoms with Crippen molar-refractivity contribution in [2.45, 2.75) is 26.3 Å². The SMILES string of the molecule is COc1ccc2c(c1)CCN2C(=O)c1ccccc1NC(=O)NC(C)C. The second kappa shape index (κ2) is 7.47. The van der Waals surface area contributed by atoms with Crippen molar-refractivity contribution in [1.29, 1.82) is 0 Å². The molecule has 0 spiro atoms. The van der Waals surface area contributed by atoms with Crippen molar-refractivity contribution in [3.8, 4) is 5.75 Å². The number of rotatable bonds is 4. The molecule has 3 amide bonds. The summed E-state index contributed by atoms with van der Waals surface area (Å²) >= 11 is 0. The molecule has 136 valence electrons. The maximum Gasteiger partial charge on any atom is 0.319 e. The number of fused-ring (bicyclic) bond motifs is 1. The molecule has 0 radical (unpaired) electrons. The van der Waals surface area contributed by atoms with Crippen LogP contribution in [0.4, 0.5) is 16.2 Å². The zero-order valence-electron chi connectivity index (χ0n) is 15.2. The smallest absolute Gasteiger partial charge is 0.319 e. The summed E-state index contributed by atoms with van der Waals surface area (Å²) in [5.74, 6) is 0.653. The molecule has 2 aromatic rings. The number of amides is 3. The second-order valence-corrected chi connectivity index (χ2v) is 6.50. The summed E-state index contributed by atoms with van der Waals surface area (Å²) in [6, 6.07) is 12.5. The topological polar surface area (TPSA) is 70.7 Å². The van der Waals surface area contributed by atoms with Crippen molar-refractivity contribution in [2.75, 3.05) is 23.9 Å².